The van der Waals surface area contributed by atoms with E-state index in [1.165, 1.54) is 0 Å². The Balaban J connectivity index is 2.04. The molecule has 0 aliphatic carbocycles. The molecule has 0 radical (unpaired) electrons. The molecule has 1 atom stereocenters. The zero-order valence-corrected chi connectivity index (χ0v) is 10.5. The van der Waals surface area contributed by atoms with Gasteiger partial charge >= 0.3 is 0 Å². The lowest BCUT2D eigenvalue weighted by Crippen LogP contribution is -2.11. The Bertz CT molecular complexity index is 492. The number of methoxy groups -OCH3 is 1. The van der Waals surface area contributed by atoms with Gasteiger partial charge in [0.05, 0.1) is 17.9 Å². The molecule has 0 saturated carbocycles. The average molecular weight is 251 g/mol. The number of nitrogens with two attached hydrogens (primary N) is 1. The van der Waals surface area contributed by atoms with Gasteiger partial charge in [-0.3, -0.25) is 0 Å². The highest BCUT2D eigenvalue weighted by Gasteiger charge is 2.17. The second-order valence-electron chi connectivity index (χ2n) is 4.09. The molecule has 0 fully saturated rings. The Morgan fingerprint density at radius 1 is 1.50 bits per heavy atom. The second-order valence-corrected chi connectivity index (χ2v) is 4.09. The van der Waals surface area contributed by atoms with E-state index in [9.17, 15) is 0 Å². The summed E-state index contributed by atoms with van der Waals surface area (Å²) in [5.41, 5.74) is 6.79. The monoisotopic (exact) mass is 251 g/mol. The van der Waals surface area contributed by atoms with E-state index >= 15 is 0 Å². The van der Waals surface area contributed by atoms with Gasteiger partial charge in [-0.05, 0) is 25.8 Å². The van der Waals surface area contributed by atoms with Crippen LogP contribution in [-0.2, 0) is 4.74 Å². The molecule has 0 aromatic carbocycles. The summed E-state index contributed by atoms with van der Waals surface area (Å²) >= 11 is 0. The zero-order valence-electron chi connectivity index (χ0n) is 10.5. The smallest absolute Gasteiger partial charge is 0.243 e. The quantitative estimate of drug-likeness (QED) is 0.791. The summed E-state index contributed by atoms with van der Waals surface area (Å²) in [6, 6.07) is 1.55. The molecule has 18 heavy (non-hydrogen) atoms. The molecule has 1 unspecified atom stereocenters. The molecule has 2 rings (SSSR count). The van der Waals surface area contributed by atoms with Crippen LogP contribution in [0.2, 0.25) is 0 Å². The van der Waals surface area contributed by atoms with Crippen molar-refractivity contribution < 1.29 is 13.7 Å². The van der Waals surface area contributed by atoms with Gasteiger partial charge in [0.25, 0.3) is 0 Å². The first kappa shape index (κ1) is 12.8. The molecule has 2 N–H and O–H groups in total. The number of aromatic nitrogens is 2. The molecule has 2 aromatic heterocycles. The number of ether oxygens (including phenoxy) is 1. The molecular weight excluding hydrogens is 234 g/mol. The lowest BCUT2D eigenvalue weighted by Gasteiger charge is -2.04. The summed E-state index contributed by atoms with van der Waals surface area (Å²) in [6.07, 6.45) is 3.21. The highest BCUT2D eigenvalue weighted by atomic mass is 16.5. The van der Waals surface area contributed by atoms with Crippen molar-refractivity contribution in [2.45, 2.75) is 25.8 Å². The van der Waals surface area contributed by atoms with E-state index < -0.39 is 0 Å². The van der Waals surface area contributed by atoms with Crippen molar-refractivity contribution in [2.75, 3.05) is 13.7 Å². The van der Waals surface area contributed by atoms with E-state index in [1.807, 2.05) is 6.92 Å². The van der Waals surface area contributed by atoms with Crippen LogP contribution < -0.4 is 5.73 Å². The first-order valence-corrected chi connectivity index (χ1v) is 5.85. The van der Waals surface area contributed by atoms with E-state index in [0.717, 1.165) is 24.2 Å². The summed E-state index contributed by atoms with van der Waals surface area (Å²) < 4.78 is 15.3. The molecule has 0 aliphatic heterocycles. The Labute approximate surface area is 105 Å². The number of aryl methyl sites for hydroxylation is 1. The molecule has 0 saturated heterocycles. The Morgan fingerprint density at radius 2 is 2.33 bits per heavy atom. The van der Waals surface area contributed by atoms with Crippen LogP contribution in [0.3, 0.4) is 0 Å². The standard InChI is InChI=1S/C12H17N3O3/c1-8-9(5-7-17-8)11-14-12(18-15-11)10(13)4-3-6-16-2/h5,7,10H,3-4,6,13H2,1-2H3. The number of rotatable bonds is 6. The van der Waals surface area contributed by atoms with Crippen LogP contribution in [0.25, 0.3) is 11.4 Å². The fourth-order valence-corrected chi connectivity index (χ4v) is 1.68. The zero-order chi connectivity index (χ0) is 13.0. The van der Waals surface area contributed by atoms with Crippen molar-refractivity contribution in [3.8, 4) is 11.4 Å². The second kappa shape index (κ2) is 5.79. The van der Waals surface area contributed by atoms with Gasteiger partial charge in [-0.15, -0.1) is 0 Å². The Kier molecular flexibility index (Phi) is 4.11. The SMILES string of the molecule is COCCCC(N)c1nc(-c2ccoc2C)no1. The highest BCUT2D eigenvalue weighted by molar-refractivity contribution is 5.56. The van der Waals surface area contributed by atoms with Crippen LogP contribution in [0.5, 0.6) is 0 Å². The van der Waals surface area contributed by atoms with Gasteiger partial charge in [-0.25, -0.2) is 0 Å². The molecule has 2 aromatic rings. The van der Waals surface area contributed by atoms with Gasteiger partial charge in [-0.1, -0.05) is 5.16 Å². The third kappa shape index (κ3) is 2.77. The minimum Gasteiger partial charge on any atom is -0.469 e. The van der Waals surface area contributed by atoms with Crippen LogP contribution in [0.1, 0.15) is 30.5 Å². The molecule has 2 heterocycles. The van der Waals surface area contributed by atoms with E-state index in [4.69, 9.17) is 19.4 Å². The lowest BCUT2D eigenvalue weighted by atomic mass is 10.2. The maximum Gasteiger partial charge on any atom is 0.243 e. The fraction of sp³-hybridized carbons (Fsp3) is 0.500. The van der Waals surface area contributed by atoms with E-state index in [2.05, 4.69) is 10.1 Å². The largest absolute Gasteiger partial charge is 0.469 e. The maximum absolute atomic E-state index is 5.97. The Morgan fingerprint density at radius 3 is 3.00 bits per heavy atom. The van der Waals surface area contributed by atoms with Crippen LogP contribution in [0.15, 0.2) is 21.3 Å². The van der Waals surface area contributed by atoms with Crippen molar-refractivity contribution in [1.82, 2.24) is 10.1 Å². The number of hydrogen-bond donors (Lipinski definition) is 1. The summed E-state index contributed by atoms with van der Waals surface area (Å²) in [6.45, 7) is 2.53. The third-order valence-corrected chi connectivity index (χ3v) is 2.72. The van der Waals surface area contributed by atoms with Gasteiger partial charge in [0.2, 0.25) is 11.7 Å². The van der Waals surface area contributed by atoms with Crippen molar-refractivity contribution in [1.29, 1.82) is 0 Å². The van der Waals surface area contributed by atoms with Crippen LogP contribution in [0, 0.1) is 6.92 Å². The van der Waals surface area contributed by atoms with E-state index in [0.29, 0.717) is 18.3 Å². The summed E-state index contributed by atoms with van der Waals surface area (Å²) in [7, 11) is 1.66. The molecule has 0 bridgehead atoms. The van der Waals surface area contributed by atoms with Gasteiger partial charge in [0, 0.05) is 13.7 Å². The number of furan rings is 1. The minimum atomic E-state index is -0.256. The molecular formula is C12H17N3O3. The van der Waals surface area contributed by atoms with Crippen molar-refractivity contribution in [3.63, 3.8) is 0 Å². The van der Waals surface area contributed by atoms with Crippen molar-refractivity contribution >= 4 is 0 Å². The maximum atomic E-state index is 5.97. The predicted octanol–water partition coefficient (Wildman–Crippen LogP) is 2.06. The normalized spacial score (nSPS) is 12.8. The Hall–Kier alpha value is -1.66. The number of nitrogens with zero attached hydrogens (tertiary/aromatic N) is 2. The summed E-state index contributed by atoms with van der Waals surface area (Å²) in [4.78, 5) is 4.29. The van der Waals surface area contributed by atoms with Crippen molar-refractivity contribution in [2.24, 2.45) is 5.73 Å². The third-order valence-electron chi connectivity index (χ3n) is 2.72. The predicted molar refractivity (Wildman–Crippen MR) is 64.8 cm³/mol. The van der Waals surface area contributed by atoms with Crippen LogP contribution >= 0.6 is 0 Å². The molecule has 0 spiro atoms. The van der Waals surface area contributed by atoms with Crippen LogP contribution in [-0.4, -0.2) is 23.9 Å². The van der Waals surface area contributed by atoms with Crippen molar-refractivity contribution in [3.05, 3.63) is 24.0 Å². The van der Waals surface area contributed by atoms with E-state index in [-0.39, 0.29) is 6.04 Å². The summed E-state index contributed by atoms with van der Waals surface area (Å²) in [5, 5.41) is 3.91. The topological polar surface area (TPSA) is 87.3 Å². The lowest BCUT2D eigenvalue weighted by molar-refractivity contribution is 0.188. The van der Waals surface area contributed by atoms with E-state index in [1.54, 1.807) is 19.4 Å². The average Bonchev–Trinajstić information content (AvgIpc) is 2.97. The van der Waals surface area contributed by atoms with Gasteiger partial charge in [0.15, 0.2) is 0 Å². The van der Waals surface area contributed by atoms with Gasteiger partial charge in [-0.2, -0.15) is 4.98 Å². The minimum absolute atomic E-state index is 0.256. The first-order chi connectivity index (χ1) is 8.72. The molecule has 6 nitrogen and oxygen atoms in total. The van der Waals surface area contributed by atoms with Crippen LogP contribution in [0.4, 0.5) is 0 Å². The molecule has 0 aliphatic rings. The molecule has 98 valence electrons. The van der Waals surface area contributed by atoms with Gasteiger partial charge in [0.1, 0.15) is 5.76 Å². The van der Waals surface area contributed by atoms with Gasteiger partial charge < -0.3 is 19.4 Å². The number of hydrogen-bond acceptors (Lipinski definition) is 6. The highest BCUT2D eigenvalue weighted by Crippen LogP contribution is 2.23. The molecule has 6 heteroatoms. The first-order valence-electron chi connectivity index (χ1n) is 5.85. The summed E-state index contributed by atoms with van der Waals surface area (Å²) in [5.74, 6) is 1.72. The fourth-order valence-electron chi connectivity index (χ4n) is 1.68. The molecule has 0 amide bonds.